The van der Waals surface area contributed by atoms with Gasteiger partial charge in [0.15, 0.2) is 5.82 Å². The molecule has 0 radical (unpaired) electrons. The number of carbonyl (C=O) groups excluding carboxylic acids is 1. The van der Waals surface area contributed by atoms with Crippen molar-refractivity contribution >= 4 is 17.4 Å². The molecule has 0 aliphatic carbocycles. The molecular formula is C25H25FN6O. The van der Waals surface area contributed by atoms with E-state index in [1.54, 1.807) is 24.7 Å². The van der Waals surface area contributed by atoms with Crippen molar-refractivity contribution in [1.29, 1.82) is 0 Å². The van der Waals surface area contributed by atoms with E-state index >= 15 is 0 Å². The molecule has 168 valence electrons. The Labute approximate surface area is 191 Å². The average molecular weight is 445 g/mol. The fourth-order valence-corrected chi connectivity index (χ4v) is 4.35. The second-order valence-electron chi connectivity index (χ2n) is 8.54. The number of aryl methyl sites for hydroxylation is 1. The van der Waals surface area contributed by atoms with E-state index in [0.29, 0.717) is 6.54 Å². The van der Waals surface area contributed by atoms with Crippen LogP contribution in [0.4, 0.5) is 10.2 Å². The van der Waals surface area contributed by atoms with E-state index in [0.717, 1.165) is 54.1 Å². The Morgan fingerprint density at radius 3 is 2.82 bits per heavy atom. The van der Waals surface area contributed by atoms with Crippen LogP contribution in [0.1, 0.15) is 28.8 Å². The van der Waals surface area contributed by atoms with Crippen LogP contribution in [0.5, 0.6) is 0 Å². The van der Waals surface area contributed by atoms with E-state index in [-0.39, 0.29) is 11.5 Å². The molecule has 4 aromatic rings. The Kier molecular flexibility index (Phi) is 5.73. The minimum atomic E-state index is -0.515. The second-order valence-corrected chi connectivity index (χ2v) is 8.54. The lowest BCUT2D eigenvalue weighted by Gasteiger charge is -2.33. The summed E-state index contributed by atoms with van der Waals surface area (Å²) in [5, 5.41) is 11.1. The van der Waals surface area contributed by atoms with Gasteiger partial charge in [0.1, 0.15) is 12.1 Å². The molecule has 1 N–H and O–H groups in total. The molecule has 33 heavy (non-hydrogen) atoms. The zero-order valence-corrected chi connectivity index (χ0v) is 18.4. The number of nitrogens with zero attached hydrogens (tertiary/aromatic N) is 5. The number of hydrogen-bond acceptors (Lipinski definition) is 5. The molecular weight excluding hydrogens is 419 g/mol. The molecule has 1 atom stereocenters. The molecule has 7 nitrogen and oxygen atoms in total. The molecule has 0 spiro atoms. The Morgan fingerprint density at radius 2 is 2.00 bits per heavy atom. The molecule has 3 heterocycles. The van der Waals surface area contributed by atoms with Crippen molar-refractivity contribution in [1.82, 2.24) is 24.9 Å². The molecule has 1 aliphatic rings. The fraction of sp³-hybridized carbons (Fsp3) is 0.280. The van der Waals surface area contributed by atoms with E-state index in [4.69, 9.17) is 0 Å². The normalized spacial score (nSPS) is 16.2. The van der Waals surface area contributed by atoms with Gasteiger partial charge in [0.25, 0.3) is 5.91 Å². The summed E-state index contributed by atoms with van der Waals surface area (Å²) in [6, 6.07) is 12.6. The van der Waals surface area contributed by atoms with Crippen LogP contribution in [0.25, 0.3) is 16.8 Å². The van der Waals surface area contributed by atoms with E-state index in [2.05, 4.69) is 25.4 Å². The van der Waals surface area contributed by atoms with Gasteiger partial charge in [-0.05, 0) is 48.9 Å². The monoisotopic (exact) mass is 444 g/mol. The van der Waals surface area contributed by atoms with Gasteiger partial charge < -0.3 is 10.2 Å². The number of piperidine rings is 1. The van der Waals surface area contributed by atoms with E-state index in [1.165, 1.54) is 6.07 Å². The van der Waals surface area contributed by atoms with Gasteiger partial charge in [-0.2, -0.15) is 0 Å². The highest BCUT2D eigenvalue weighted by atomic mass is 19.1. The summed E-state index contributed by atoms with van der Waals surface area (Å²) in [7, 11) is 0. The summed E-state index contributed by atoms with van der Waals surface area (Å²) in [5.74, 6) is 0.127. The zero-order chi connectivity index (χ0) is 22.8. The maximum Gasteiger partial charge on any atom is 0.254 e. The van der Waals surface area contributed by atoms with Gasteiger partial charge in [-0.25, -0.2) is 9.37 Å². The third-order valence-corrected chi connectivity index (χ3v) is 6.17. The molecule has 1 amide bonds. The fourth-order valence-electron chi connectivity index (χ4n) is 4.35. The largest absolute Gasteiger partial charge is 0.353 e. The van der Waals surface area contributed by atoms with Gasteiger partial charge in [-0.3, -0.25) is 9.20 Å². The average Bonchev–Trinajstić information content (AvgIpc) is 3.32. The predicted octanol–water partition coefficient (Wildman–Crippen LogP) is 3.89. The zero-order valence-electron chi connectivity index (χ0n) is 18.4. The van der Waals surface area contributed by atoms with Gasteiger partial charge in [-0.15, -0.1) is 10.2 Å². The summed E-state index contributed by atoms with van der Waals surface area (Å²) in [6.45, 7) is 4.10. The third kappa shape index (κ3) is 4.41. The highest BCUT2D eigenvalue weighted by Gasteiger charge is 2.24. The van der Waals surface area contributed by atoms with Crippen molar-refractivity contribution in [2.75, 3.05) is 24.5 Å². The van der Waals surface area contributed by atoms with Crippen molar-refractivity contribution in [3.05, 3.63) is 78.1 Å². The predicted molar refractivity (Wildman–Crippen MR) is 125 cm³/mol. The van der Waals surface area contributed by atoms with E-state index < -0.39 is 11.7 Å². The van der Waals surface area contributed by atoms with Gasteiger partial charge in [0, 0.05) is 32.0 Å². The molecule has 1 saturated heterocycles. The van der Waals surface area contributed by atoms with Crippen LogP contribution in [-0.2, 0) is 0 Å². The van der Waals surface area contributed by atoms with Gasteiger partial charge in [0.05, 0.1) is 5.56 Å². The molecule has 0 saturated carbocycles. The van der Waals surface area contributed by atoms with Crippen molar-refractivity contribution in [2.24, 2.45) is 5.92 Å². The minimum Gasteiger partial charge on any atom is -0.353 e. The molecule has 0 unspecified atom stereocenters. The van der Waals surface area contributed by atoms with Crippen molar-refractivity contribution in [3.63, 3.8) is 0 Å². The minimum absolute atomic E-state index is 0.0634. The number of rotatable bonds is 5. The lowest BCUT2D eigenvalue weighted by molar-refractivity contribution is 0.0941. The molecule has 5 rings (SSSR count). The number of halogens is 1. The molecule has 0 bridgehead atoms. The van der Waals surface area contributed by atoms with Crippen LogP contribution < -0.4 is 10.2 Å². The first-order valence-corrected chi connectivity index (χ1v) is 11.1. The van der Waals surface area contributed by atoms with E-state index in [9.17, 15) is 9.18 Å². The SMILES string of the molecule is Cc1ccc(-c2ccc(C(=O)NC[C@H]3CCCN(c4nccn5cnnc45)C3)c(F)c2)cc1. The molecule has 1 aliphatic heterocycles. The van der Waals surface area contributed by atoms with Crippen molar-refractivity contribution in [3.8, 4) is 11.1 Å². The maximum atomic E-state index is 14.7. The first-order chi connectivity index (χ1) is 16.1. The van der Waals surface area contributed by atoms with Crippen LogP contribution >= 0.6 is 0 Å². The highest BCUT2D eigenvalue weighted by Crippen LogP contribution is 2.25. The Hall–Kier alpha value is -3.81. The third-order valence-electron chi connectivity index (χ3n) is 6.17. The number of fused-ring (bicyclic) bond motifs is 1. The summed E-state index contributed by atoms with van der Waals surface area (Å²) in [4.78, 5) is 19.4. The second kappa shape index (κ2) is 8.97. The first kappa shape index (κ1) is 21.1. The number of anilines is 1. The van der Waals surface area contributed by atoms with E-state index in [1.807, 2.05) is 41.8 Å². The lowest BCUT2D eigenvalue weighted by Crippen LogP contribution is -2.41. The van der Waals surface area contributed by atoms with Gasteiger partial charge in [-0.1, -0.05) is 35.9 Å². The smallest absolute Gasteiger partial charge is 0.254 e. The lowest BCUT2D eigenvalue weighted by atomic mass is 9.97. The first-order valence-electron chi connectivity index (χ1n) is 11.1. The van der Waals surface area contributed by atoms with Gasteiger partial charge in [0.2, 0.25) is 5.65 Å². The molecule has 2 aromatic carbocycles. The number of nitrogens with one attached hydrogen (secondary N) is 1. The van der Waals surface area contributed by atoms with Crippen LogP contribution in [0.3, 0.4) is 0 Å². The van der Waals surface area contributed by atoms with Gasteiger partial charge >= 0.3 is 0 Å². The number of carbonyl (C=O) groups is 1. The van der Waals surface area contributed by atoms with Crippen LogP contribution in [-0.4, -0.2) is 45.1 Å². The van der Waals surface area contributed by atoms with Crippen LogP contribution in [0.2, 0.25) is 0 Å². The Bertz CT molecular complexity index is 1290. The van der Waals surface area contributed by atoms with Crippen LogP contribution in [0.15, 0.2) is 61.2 Å². The summed E-state index contributed by atoms with van der Waals surface area (Å²) < 4.78 is 16.6. The Balaban J connectivity index is 1.23. The summed E-state index contributed by atoms with van der Waals surface area (Å²) >= 11 is 0. The standard InChI is InChI=1S/C25H25FN6O/c1-17-4-6-19(7-5-17)20-8-9-21(22(26)13-20)25(33)28-14-18-3-2-11-31(15-18)23-24-30-29-16-32(24)12-10-27-23/h4-10,12-13,16,18H,2-3,11,14-15H2,1H3,(H,28,33)/t18-/m1/s1. The van der Waals surface area contributed by atoms with Crippen molar-refractivity contribution < 1.29 is 9.18 Å². The number of amides is 1. The molecule has 8 heteroatoms. The summed E-state index contributed by atoms with van der Waals surface area (Å²) in [6.07, 6.45) is 7.18. The molecule has 2 aromatic heterocycles. The highest BCUT2D eigenvalue weighted by molar-refractivity contribution is 5.95. The quantitative estimate of drug-likeness (QED) is 0.506. The summed E-state index contributed by atoms with van der Waals surface area (Å²) in [5.41, 5.74) is 3.60. The number of hydrogen-bond donors (Lipinski definition) is 1. The number of benzene rings is 2. The molecule has 1 fully saturated rings. The van der Waals surface area contributed by atoms with Crippen molar-refractivity contribution in [2.45, 2.75) is 19.8 Å². The topological polar surface area (TPSA) is 75.4 Å². The Morgan fingerprint density at radius 1 is 1.18 bits per heavy atom. The number of aromatic nitrogens is 4. The maximum absolute atomic E-state index is 14.7. The van der Waals surface area contributed by atoms with Crippen LogP contribution in [0, 0.1) is 18.7 Å².